The minimum atomic E-state index is -0.905. The predicted octanol–water partition coefficient (Wildman–Crippen LogP) is 5.62. The number of carbonyl (C=O) groups is 2. The summed E-state index contributed by atoms with van der Waals surface area (Å²) in [7, 11) is 0. The van der Waals surface area contributed by atoms with E-state index in [9.17, 15) is 14.7 Å². The summed E-state index contributed by atoms with van der Waals surface area (Å²) in [6, 6.07) is 14.3. The lowest BCUT2D eigenvalue weighted by Gasteiger charge is -2.23. The van der Waals surface area contributed by atoms with Crippen molar-refractivity contribution < 1.29 is 14.7 Å². The summed E-state index contributed by atoms with van der Waals surface area (Å²) in [6.07, 6.45) is 2.99. The maximum atomic E-state index is 13.2. The highest BCUT2D eigenvalue weighted by molar-refractivity contribution is 7.22. The minimum absolute atomic E-state index is 0.0410. The normalized spacial score (nSPS) is 17.9. The molecular weight excluding hydrogens is 469 g/mol. The molecule has 0 aliphatic carbocycles. The van der Waals surface area contributed by atoms with Crippen LogP contribution in [-0.4, -0.2) is 26.8 Å². The van der Waals surface area contributed by atoms with Gasteiger partial charge in [0.15, 0.2) is 5.13 Å². The lowest BCUT2D eigenvalue weighted by atomic mass is 9.96. The Labute approximate surface area is 196 Å². The van der Waals surface area contributed by atoms with Crippen LogP contribution in [0.1, 0.15) is 17.2 Å². The average Bonchev–Trinajstić information content (AvgIpc) is 3.32. The van der Waals surface area contributed by atoms with Crippen LogP contribution in [-0.2, 0) is 9.59 Å². The second-order valence-corrected chi connectivity index (χ2v) is 8.95. The molecule has 0 bridgehead atoms. The number of amides is 1. The Balaban J connectivity index is 1.75. The van der Waals surface area contributed by atoms with Gasteiger partial charge < -0.3 is 5.11 Å². The third kappa shape index (κ3) is 3.44. The van der Waals surface area contributed by atoms with Crippen LogP contribution in [0.25, 0.3) is 16.0 Å². The molecule has 2 aromatic heterocycles. The van der Waals surface area contributed by atoms with Crippen molar-refractivity contribution in [2.24, 2.45) is 0 Å². The van der Waals surface area contributed by atoms with E-state index in [-0.39, 0.29) is 11.3 Å². The predicted molar refractivity (Wildman–Crippen MR) is 125 cm³/mol. The number of ketones is 1. The second kappa shape index (κ2) is 8.02. The Morgan fingerprint density at radius 3 is 2.50 bits per heavy atom. The Hall–Kier alpha value is -3.26. The molecule has 1 atom stereocenters. The van der Waals surface area contributed by atoms with Crippen LogP contribution < -0.4 is 4.90 Å². The number of carbonyl (C=O) groups excluding carboxylic acids is 2. The number of hydrogen-bond acceptors (Lipinski definition) is 6. The number of hydrogen-bond donors (Lipinski definition) is 1. The fraction of sp³-hybridized carbons (Fsp3) is 0.0435. The van der Waals surface area contributed by atoms with Gasteiger partial charge in [0.25, 0.3) is 5.78 Å². The highest BCUT2D eigenvalue weighted by atomic mass is 35.5. The fourth-order valence-electron chi connectivity index (χ4n) is 3.68. The summed E-state index contributed by atoms with van der Waals surface area (Å²) in [4.78, 5) is 36.1. The third-order valence-electron chi connectivity index (χ3n) is 5.11. The summed E-state index contributed by atoms with van der Waals surface area (Å²) >= 11 is 13.5. The van der Waals surface area contributed by atoms with Gasteiger partial charge in [0.1, 0.15) is 5.76 Å². The first kappa shape index (κ1) is 20.6. The van der Waals surface area contributed by atoms with Gasteiger partial charge in [-0.15, -0.1) is 0 Å². The number of aromatic nitrogens is 2. The van der Waals surface area contributed by atoms with Crippen molar-refractivity contribution in [1.82, 2.24) is 9.97 Å². The van der Waals surface area contributed by atoms with E-state index in [1.807, 2.05) is 0 Å². The Morgan fingerprint density at radius 1 is 1.00 bits per heavy atom. The zero-order valence-electron chi connectivity index (χ0n) is 16.2. The number of aliphatic hydroxyl groups is 1. The van der Waals surface area contributed by atoms with Crippen LogP contribution in [0.3, 0.4) is 0 Å². The molecule has 1 saturated heterocycles. The molecule has 6 nitrogen and oxygen atoms in total. The minimum Gasteiger partial charge on any atom is -0.507 e. The summed E-state index contributed by atoms with van der Waals surface area (Å²) in [6.45, 7) is 0. The van der Waals surface area contributed by atoms with Crippen molar-refractivity contribution in [2.45, 2.75) is 6.04 Å². The molecule has 2 aromatic carbocycles. The molecule has 158 valence electrons. The highest BCUT2D eigenvalue weighted by Crippen LogP contribution is 2.44. The molecule has 1 aliphatic heterocycles. The number of Topliss-reactive ketones (excluding diaryl/α,β-unsaturated/α-hetero) is 1. The van der Waals surface area contributed by atoms with Crippen LogP contribution in [0.5, 0.6) is 0 Å². The number of rotatable bonds is 3. The first-order valence-corrected chi connectivity index (χ1v) is 11.0. The standard InChI is InChI=1S/C23H13Cl2N3O3S/c24-14-3-1-2-13(10-14)19-18(20(29)12-6-8-26-9-7-12)21(30)22(31)28(19)23-27-16-5-4-15(25)11-17(16)32-23/h1-11,19,29H/b20-18+. The first-order valence-electron chi connectivity index (χ1n) is 9.47. The van der Waals surface area contributed by atoms with Gasteiger partial charge >= 0.3 is 5.91 Å². The summed E-state index contributed by atoms with van der Waals surface area (Å²) < 4.78 is 0.772. The number of nitrogens with zero attached hydrogens (tertiary/aromatic N) is 3. The molecule has 5 rings (SSSR count). The molecule has 9 heteroatoms. The van der Waals surface area contributed by atoms with Gasteiger partial charge in [-0.25, -0.2) is 4.98 Å². The fourth-order valence-corrected chi connectivity index (χ4v) is 5.14. The van der Waals surface area contributed by atoms with E-state index >= 15 is 0 Å². The van der Waals surface area contributed by atoms with E-state index in [0.29, 0.717) is 31.8 Å². The number of aliphatic hydroxyl groups excluding tert-OH is 1. The molecule has 1 amide bonds. The molecule has 0 spiro atoms. The van der Waals surface area contributed by atoms with E-state index < -0.39 is 17.7 Å². The van der Waals surface area contributed by atoms with E-state index in [4.69, 9.17) is 23.2 Å². The molecule has 0 saturated carbocycles. The van der Waals surface area contributed by atoms with E-state index in [2.05, 4.69) is 9.97 Å². The molecule has 1 N–H and O–H groups in total. The van der Waals surface area contributed by atoms with Crippen LogP contribution >= 0.6 is 34.5 Å². The van der Waals surface area contributed by atoms with Crippen molar-refractivity contribution in [3.63, 3.8) is 0 Å². The molecular formula is C23H13Cl2N3O3S. The Bertz CT molecular complexity index is 1420. The van der Waals surface area contributed by atoms with Crippen molar-refractivity contribution in [2.75, 3.05) is 4.90 Å². The number of fused-ring (bicyclic) bond motifs is 1. The lowest BCUT2D eigenvalue weighted by molar-refractivity contribution is -0.132. The molecule has 4 aromatic rings. The zero-order chi connectivity index (χ0) is 22.4. The molecule has 3 heterocycles. The largest absolute Gasteiger partial charge is 0.507 e. The van der Waals surface area contributed by atoms with Gasteiger partial charge in [0, 0.05) is 28.0 Å². The van der Waals surface area contributed by atoms with Crippen LogP contribution in [0.4, 0.5) is 5.13 Å². The summed E-state index contributed by atoms with van der Waals surface area (Å²) in [5, 5.41) is 12.3. The first-order chi connectivity index (χ1) is 15.4. The van der Waals surface area contributed by atoms with Gasteiger partial charge in [-0.1, -0.05) is 46.7 Å². The van der Waals surface area contributed by atoms with Crippen molar-refractivity contribution >= 4 is 67.3 Å². The van der Waals surface area contributed by atoms with Crippen LogP contribution in [0, 0.1) is 0 Å². The van der Waals surface area contributed by atoms with E-state index in [1.54, 1.807) is 54.6 Å². The Morgan fingerprint density at radius 2 is 1.75 bits per heavy atom. The molecule has 1 aliphatic rings. The van der Waals surface area contributed by atoms with Gasteiger partial charge in [-0.2, -0.15) is 0 Å². The van der Waals surface area contributed by atoms with Crippen LogP contribution in [0.2, 0.25) is 10.0 Å². The van der Waals surface area contributed by atoms with Crippen molar-refractivity contribution in [1.29, 1.82) is 0 Å². The molecule has 32 heavy (non-hydrogen) atoms. The summed E-state index contributed by atoms with van der Waals surface area (Å²) in [5.74, 6) is -1.88. The van der Waals surface area contributed by atoms with Gasteiger partial charge in [-0.05, 0) is 48.0 Å². The third-order valence-corrected chi connectivity index (χ3v) is 6.60. The molecule has 0 radical (unpaired) electrons. The maximum Gasteiger partial charge on any atom is 0.301 e. The SMILES string of the molecule is O=C1C(=O)N(c2nc3ccc(Cl)cc3s2)C(c2cccc(Cl)c2)/C1=C(\O)c1ccncc1. The number of benzene rings is 2. The maximum absolute atomic E-state index is 13.2. The van der Waals surface area contributed by atoms with Crippen LogP contribution in [0.15, 0.2) is 72.6 Å². The quantitative estimate of drug-likeness (QED) is 0.233. The molecule has 1 fully saturated rings. The number of halogens is 2. The van der Waals surface area contributed by atoms with Crippen molar-refractivity contribution in [3.05, 3.63) is 93.7 Å². The number of pyridine rings is 1. The van der Waals surface area contributed by atoms with E-state index in [0.717, 1.165) is 4.70 Å². The number of thiazole rings is 1. The second-order valence-electron chi connectivity index (χ2n) is 7.07. The summed E-state index contributed by atoms with van der Waals surface area (Å²) in [5.41, 5.74) is 1.56. The smallest absolute Gasteiger partial charge is 0.301 e. The van der Waals surface area contributed by atoms with Gasteiger partial charge in [-0.3, -0.25) is 19.5 Å². The average molecular weight is 482 g/mol. The van der Waals surface area contributed by atoms with Gasteiger partial charge in [0.2, 0.25) is 0 Å². The lowest BCUT2D eigenvalue weighted by Crippen LogP contribution is -2.29. The highest BCUT2D eigenvalue weighted by Gasteiger charge is 2.48. The zero-order valence-corrected chi connectivity index (χ0v) is 18.5. The van der Waals surface area contributed by atoms with Gasteiger partial charge in [0.05, 0.1) is 21.8 Å². The molecule has 1 unspecified atom stereocenters. The Kier molecular flexibility index (Phi) is 5.17. The monoisotopic (exact) mass is 481 g/mol. The number of anilines is 1. The van der Waals surface area contributed by atoms with E-state index in [1.165, 1.54) is 28.6 Å². The topological polar surface area (TPSA) is 83.4 Å². The van der Waals surface area contributed by atoms with Crippen molar-refractivity contribution in [3.8, 4) is 0 Å².